The van der Waals surface area contributed by atoms with Gasteiger partial charge in [-0.15, -0.1) is 0 Å². The van der Waals surface area contributed by atoms with Crippen molar-refractivity contribution in [3.63, 3.8) is 0 Å². The third-order valence-corrected chi connectivity index (χ3v) is 10.0. The number of hydrogen-bond acceptors (Lipinski definition) is 6. The number of carbonyl (C=O) groups is 1. The van der Waals surface area contributed by atoms with Gasteiger partial charge in [-0.3, -0.25) is 0 Å². The van der Waals surface area contributed by atoms with E-state index in [0.29, 0.717) is 5.56 Å². The summed E-state index contributed by atoms with van der Waals surface area (Å²) in [7, 11) is 0. The number of benzene rings is 3. The Morgan fingerprint density at radius 1 is 0.710 bits per heavy atom. The molecule has 0 amide bonds. The molecule has 1 saturated heterocycles. The average molecular weight is 489 g/mol. The molecule has 1 aliphatic rings. The zero-order chi connectivity index (χ0) is 21.3. The smallest absolute Gasteiger partial charge is 0.339 e. The molecule has 6 heteroatoms. The van der Waals surface area contributed by atoms with E-state index in [1.165, 1.54) is 29.4 Å². The molecular weight excluding hydrogens is 461 g/mol. The van der Waals surface area contributed by atoms with Crippen molar-refractivity contribution in [2.75, 3.05) is 46.0 Å². The van der Waals surface area contributed by atoms with Crippen LogP contribution in [0.5, 0.6) is 0 Å². The van der Waals surface area contributed by atoms with Gasteiger partial charge in [-0.05, 0) is 45.5 Å². The van der Waals surface area contributed by atoms with Gasteiger partial charge < -0.3 is 4.74 Å². The van der Waals surface area contributed by atoms with E-state index in [2.05, 4.69) is 18.2 Å². The van der Waals surface area contributed by atoms with Crippen LogP contribution in [-0.4, -0.2) is 58.1 Å². The minimum absolute atomic E-state index is 0.0572. The van der Waals surface area contributed by atoms with Crippen LogP contribution in [0, 0.1) is 0 Å². The molecule has 4 rings (SSSR count). The Bertz CT molecular complexity index is 939. The molecule has 0 unspecified atom stereocenters. The summed E-state index contributed by atoms with van der Waals surface area (Å²) >= 11 is 7.93. The largest absolute Gasteiger partial charge is 0.457 e. The van der Waals surface area contributed by atoms with Gasteiger partial charge >= 0.3 is 5.97 Å². The van der Waals surface area contributed by atoms with Crippen LogP contribution in [-0.2, 0) is 4.74 Å². The Balaban J connectivity index is 1.54. The Hall–Kier alpha value is -0.950. The van der Waals surface area contributed by atoms with Crippen molar-refractivity contribution in [3.8, 4) is 0 Å². The fourth-order valence-corrected chi connectivity index (χ4v) is 8.25. The first-order chi connectivity index (χ1) is 15.3. The van der Waals surface area contributed by atoms with Gasteiger partial charge in [0.2, 0.25) is 0 Å². The molecular formula is C25H28O2S4. The number of thioether (sulfide) groups is 4. The van der Waals surface area contributed by atoms with Gasteiger partial charge in [0.05, 0.1) is 5.56 Å². The van der Waals surface area contributed by atoms with Crippen molar-refractivity contribution in [2.45, 2.75) is 12.5 Å². The van der Waals surface area contributed by atoms with E-state index in [0.717, 1.165) is 44.6 Å². The molecule has 2 nitrogen and oxygen atoms in total. The summed E-state index contributed by atoms with van der Waals surface area (Å²) in [6.07, 6.45) is 1.25. The second-order valence-corrected chi connectivity index (χ2v) is 12.2. The Morgan fingerprint density at radius 3 is 1.81 bits per heavy atom. The van der Waals surface area contributed by atoms with Crippen LogP contribution < -0.4 is 0 Å². The number of fused-ring (bicyclic) bond motifs is 2. The minimum Gasteiger partial charge on any atom is -0.457 e. The van der Waals surface area contributed by atoms with Gasteiger partial charge in [0.1, 0.15) is 6.10 Å². The third kappa shape index (κ3) is 6.53. The predicted octanol–water partition coefficient (Wildman–Crippen LogP) is 6.85. The number of esters is 1. The SMILES string of the molecule is O=C(OC1CSCCSCCCSCCSC1)c1c2ccccc2cc2ccccc12. The maximum absolute atomic E-state index is 13.5. The number of hydrogen-bond donors (Lipinski definition) is 0. The molecule has 3 aromatic carbocycles. The number of rotatable bonds is 2. The first kappa shape index (κ1) is 23.2. The lowest BCUT2D eigenvalue weighted by Crippen LogP contribution is -2.24. The maximum Gasteiger partial charge on any atom is 0.339 e. The van der Waals surface area contributed by atoms with Crippen LogP contribution in [0.1, 0.15) is 16.8 Å². The molecule has 31 heavy (non-hydrogen) atoms. The van der Waals surface area contributed by atoms with Gasteiger partial charge in [0.15, 0.2) is 0 Å². The van der Waals surface area contributed by atoms with E-state index in [4.69, 9.17) is 4.74 Å². The highest BCUT2D eigenvalue weighted by molar-refractivity contribution is 8.04. The molecule has 1 aliphatic heterocycles. The van der Waals surface area contributed by atoms with Gasteiger partial charge in [-0.1, -0.05) is 48.5 Å². The average Bonchev–Trinajstić information content (AvgIpc) is 2.79. The Labute approximate surface area is 202 Å². The number of ether oxygens (including phenoxy) is 1. The summed E-state index contributed by atoms with van der Waals surface area (Å²) in [4.78, 5) is 13.5. The highest BCUT2D eigenvalue weighted by Gasteiger charge is 2.21. The quantitative estimate of drug-likeness (QED) is 0.289. The maximum atomic E-state index is 13.5. The summed E-state index contributed by atoms with van der Waals surface area (Å²) in [5.41, 5.74) is 0.703. The second kappa shape index (κ2) is 12.3. The molecule has 0 saturated carbocycles. The third-order valence-electron chi connectivity index (χ3n) is 5.18. The Kier molecular flexibility index (Phi) is 9.24. The monoisotopic (exact) mass is 488 g/mol. The summed E-state index contributed by atoms with van der Waals surface area (Å²) in [6, 6.07) is 18.4. The van der Waals surface area contributed by atoms with E-state index in [1.54, 1.807) is 0 Å². The molecule has 3 aromatic rings. The lowest BCUT2D eigenvalue weighted by Gasteiger charge is -2.19. The van der Waals surface area contributed by atoms with Crippen LogP contribution in [0.4, 0.5) is 0 Å². The van der Waals surface area contributed by atoms with Crippen LogP contribution in [0.25, 0.3) is 21.5 Å². The van der Waals surface area contributed by atoms with Crippen molar-refractivity contribution in [2.24, 2.45) is 0 Å². The van der Waals surface area contributed by atoms with Crippen LogP contribution in [0.15, 0.2) is 54.6 Å². The predicted molar refractivity (Wildman–Crippen MR) is 145 cm³/mol. The van der Waals surface area contributed by atoms with Crippen molar-refractivity contribution >= 4 is 74.6 Å². The van der Waals surface area contributed by atoms with E-state index in [1.807, 2.05) is 83.4 Å². The zero-order valence-corrected chi connectivity index (χ0v) is 20.9. The Morgan fingerprint density at radius 2 is 1.23 bits per heavy atom. The molecule has 1 heterocycles. The van der Waals surface area contributed by atoms with E-state index in [-0.39, 0.29) is 12.1 Å². The van der Waals surface area contributed by atoms with E-state index >= 15 is 0 Å². The fraction of sp³-hybridized carbons (Fsp3) is 0.400. The topological polar surface area (TPSA) is 26.3 Å². The molecule has 0 atom stereocenters. The molecule has 0 aromatic heterocycles. The highest BCUT2D eigenvalue weighted by Crippen LogP contribution is 2.30. The van der Waals surface area contributed by atoms with Crippen LogP contribution in [0.3, 0.4) is 0 Å². The van der Waals surface area contributed by atoms with Crippen LogP contribution >= 0.6 is 47.0 Å². The van der Waals surface area contributed by atoms with Crippen molar-refractivity contribution < 1.29 is 9.53 Å². The van der Waals surface area contributed by atoms with Gasteiger partial charge in [-0.2, -0.15) is 47.0 Å². The molecule has 0 aliphatic carbocycles. The summed E-state index contributed by atoms with van der Waals surface area (Å²) in [6.45, 7) is 0. The second-order valence-electron chi connectivity index (χ2n) is 7.45. The lowest BCUT2D eigenvalue weighted by atomic mass is 9.97. The first-order valence-electron chi connectivity index (χ1n) is 10.8. The van der Waals surface area contributed by atoms with Gasteiger partial charge in [-0.25, -0.2) is 4.79 Å². The summed E-state index contributed by atoms with van der Waals surface area (Å²) in [5.74, 6) is 8.66. The highest BCUT2D eigenvalue weighted by atomic mass is 32.2. The molecule has 0 radical (unpaired) electrons. The minimum atomic E-state index is -0.191. The zero-order valence-electron chi connectivity index (χ0n) is 17.6. The molecule has 1 fully saturated rings. The van der Waals surface area contributed by atoms with Gasteiger partial charge in [0, 0.05) is 34.5 Å². The molecule has 0 N–H and O–H groups in total. The van der Waals surface area contributed by atoms with Crippen molar-refractivity contribution in [1.29, 1.82) is 0 Å². The molecule has 164 valence electrons. The summed E-state index contributed by atoms with van der Waals surface area (Å²) < 4.78 is 6.16. The molecule has 0 spiro atoms. The fourth-order valence-electron chi connectivity index (χ4n) is 3.69. The summed E-state index contributed by atoms with van der Waals surface area (Å²) in [5, 5.41) is 4.11. The van der Waals surface area contributed by atoms with Gasteiger partial charge in [0.25, 0.3) is 0 Å². The normalized spacial score (nSPS) is 17.9. The lowest BCUT2D eigenvalue weighted by molar-refractivity contribution is 0.0399. The molecule has 0 bridgehead atoms. The van der Waals surface area contributed by atoms with E-state index < -0.39 is 0 Å². The first-order valence-corrected chi connectivity index (χ1v) is 15.4. The van der Waals surface area contributed by atoms with E-state index in [9.17, 15) is 4.79 Å². The standard InChI is InChI=1S/C25H28O2S4/c26-25(27-21-17-30-14-12-28-10-5-11-29-13-15-31-18-21)24-22-8-3-1-6-19(22)16-20-7-2-4-9-23(20)24/h1-4,6-9,16,21H,5,10-15,17-18H2. The van der Waals surface area contributed by atoms with Crippen molar-refractivity contribution in [3.05, 3.63) is 60.2 Å². The van der Waals surface area contributed by atoms with Crippen molar-refractivity contribution in [1.82, 2.24) is 0 Å². The number of carbonyl (C=O) groups excluding carboxylic acids is 1. The van der Waals surface area contributed by atoms with Crippen LogP contribution in [0.2, 0.25) is 0 Å².